The third-order valence-electron chi connectivity index (χ3n) is 5.20. The first-order chi connectivity index (χ1) is 10.9. The van der Waals surface area contributed by atoms with E-state index in [1.54, 1.807) is 0 Å². The highest BCUT2D eigenvalue weighted by molar-refractivity contribution is 6.02. The minimum atomic E-state index is -0.425. The smallest absolute Gasteiger partial charge is 0.220 e. The molecule has 0 bridgehead atoms. The highest BCUT2D eigenvalue weighted by Crippen LogP contribution is 2.50. The first-order valence-electron chi connectivity index (χ1n) is 8.10. The lowest BCUT2D eigenvalue weighted by Crippen LogP contribution is -2.46. The van der Waals surface area contributed by atoms with E-state index in [1.807, 2.05) is 26.8 Å². The van der Waals surface area contributed by atoms with Crippen molar-refractivity contribution in [1.29, 1.82) is 5.26 Å². The molecule has 3 atom stereocenters. The molecule has 1 aromatic heterocycles. The van der Waals surface area contributed by atoms with Gasteiger partial charge >= 0.3 is 0 Å². The van der Waals surface area contributed by atoms with Crippen LogP contribution in [0.4, 0.5) is 0 Å². The van der Waals surface area contributed by atoms with Crippen LogP contribution in [0.3, 0.4) is 0 Å². The van der Waals surface area contributed by atoms with Crippen LogP contribution < -0.4 is 4.74 Å². The average molecular weight is 311 g/mol. The maximum Gasteiger partial charge on any atom is 0.220 e. The molecule has 1 aromatic rings. The molecule has 0 radical (unpaired) electrons. The summed E-state index contributed by atoms with van der Waals surface area (Å²) < 4.78 is 5.71. The van der Waals surface area contributed by atoms with Gasteiger partial charge in [0.2, 0.25) is 5.88 Å². The number of nitriles is 1. The van der Waals surface area contributed by atoms with Gasteiger partial charge in [-0.2, -0.15) is 10.2 Å². The molecule has 0 aliphatic heterocycles. The van der Waals surface area contributed by atoms with Gasteiger partial charge in [0.1, 0.15) is 11.9 Å². The van der Waals surface area contributed by atoms with E-state index in [0.717, 1.165) is 24.1 Å². The molecule has 0 aromatic carbocycles. The summed E-state index contributed by atoms with van der Waals surface area (Å²) >= 11 is 0. The molecule has 0 fully saturated rings. The molecule has 23 heavy (non-hydrogen) atoms. The molecule has 5 nitrogen and oxygen atoms in total. The number of carbonyl (C=O) groups excluding carboxylic acids is 1. The zero-order chi connectivity index (χ0) is 16.8. The zero-order valence-electron chi connectivity index (χ0n) is 14.0. The van der Waals surface area contributed by atoms with Crippen molar-refractivity contribution >= 4 is 5.78 Å². The number of aryl methyl sites for hydroxylation is 1. The van der Waals surface area contributed by atoms with E-state index in [0.29, 0.717) is 18.3 Å². The van der Waals surface area contributed by atoms with E-state index in [1.165, 1.54) is 0 Å². The SMILES string of the molecule is CCOc1nc(C)nc2c1CCC1C(C)C(=O)C(C#N)=CC21C. The highest BCUT2D eigenvalue weighted by Gasteiger charge is 2.49. The maximum absolute atomic E-state index is 12.4. The molecular formula is C18H21N3O2. The summed E-state index contributed by atoms with van der Waals surface area (Å²) in [7, 11) is 0. The van der Waals surface area contributed by atoms with Crippen molar-refractivity contribution in [1.82, 2.24) is 9.97 Å². The van der Waals surface area contributed by atoms with Crippen LogP contribution in [0.5, 0.6) is 5.88 Å². The number of Topliss-reactive ketones (excluding diaryl/α,β-unsaturated/α-hetero) is 1. The summed E-state index contributed by atoms with van der Waals surface area (Å²) in [5.41, 5.74) is 1.76. The van der Waals surface area contributed by atoms with Gasteiger partial charge in [-0.3, -0.25) is 4.79 Å². The second-order valence-electron chi connectivity index (χ2n) is 6.59. The van der Waals surface area contributed by atoms with Crippen LogP contribution >= 0.6 is 0 Å². The van der Waals surface area contributed by atoms with E-state index in [2.05, 4.69) is 23.0 Å². The van der Waals surface area contributed by atoms with E-state index in [-0.39, 0.29) is 23.2 Å². The number of fused-ring (bicyclic) bond motifs is 3. The molecular weight excluding hydrogens is 290 g/mol. The molecule has 0 N–H and O–H groups in total. The predicted octanol–water partition coefficient (Wildman–Crippen LogP) is 2.67. The third-order valence-corrected chi connectivity index (χ3v) is 5.20. The van der Waals surface area contributed by atoms with Crippen LogP contribution in [0, 0.1) is 30.1 Å². The van der Waals surface area contributed by atoms with Gasteiger partial charge in [0.25, 0.3) is 0 Å². The summed E-state index contributed by atoms with van der Waals surface area (Å²) in [6.07, 6.45) is 3.50. The normalized spacial score (nSPS) is 29.2. The molecule has 2 aliphatic carbocycles. The molecule has 3 unspecified atom stereocenters. The second-order valence-corrected chi connectivity index (χ2v) is 6.59. The fraction of sp³-hybridized carbons (Fsp3) is 0.556. The van der Waals surface area contributed by atoms with E-state index in [9.17, 15) is 10.1 Å². The number of aromatic nitrogens is 2. The minimum Gasteiger partial charge on any atom is -0.478 e. The third kappa shape index (κ3) is 2.24. The Morgan fingerprint density at radius 1 is 1.48 bits per heavy atom. The molecule has 2 aliphatic rings. The fourth-order valence-corrected chi connectivity index (χ4v) is 4.10. The van der Waals surface area contributed by atoms with Crippen molar-refractivity contribution < 1.29 is 9.53 Å². The Balaban J connectivity index is 2.24. The van der Waals surface area contributed by atoms with Crippen LogP contribution in [0.15, 0.2) is 11.6 Å². The molecule has 0 spiro atoms. The van der Waals surface area contributed by atoms with E-state index in [4.69, 9.17) is 4.74 Å². The minimum absolute atomic E-state index is 0.0470. The van der Waals surface area contributed by atoms with Gasteiger partial charge in [-0.1, -0.05) is 19.9 Å². The molecule has 5 heteroatoms. The maximum atomic E-state index is 12.4. The van der Waals surface area contributed by atoms with Gasteiger partial charge < -0.3 is 4.74 Å². The topological polar surface area (TPSA) is 75.9 Å². The van der Waals surface area contributed by atoms with Gasteiger partial charge in [-0.05, 0) is 32.6 Å². The van der Waals surface area contributed by atoms with Gasteiger partial charge in [0.15, 0.2) is 5.78 Å². The summed E-state index contributed by atoms with van der Waals surface area (Å²) in [5.74, 6) is 1.24. The highest BCUT2D eigenvalue weighted by atomic mass is 16.5. The van der Waals surface area contributed by atoms with E-state index >= 15 is 0 Å². The van der Waals surface area contributed by atoms with Crippen molar-refractivity contribution in [2.75, 3.05) is 6.61 Å². The van der Waals surface area contributed by atoms with Gasteiger partial charge in [0.05, 0.1) is 17.9 Å². The van der Waals surface area contributed by atoms with Gasteiger partial charge in [-0.25, -0.2) is 4.98 Å². The number of hydrogen-bond donors (Lipinski definition) is 0. The lowest BCUT2D eigenvalue weighted by molar-refractivity contribution is -0.121. The monoisotopic (exact) mass is 311 g/mol. The number of ether oxygens (including phenoxy) is 1. The number of allylic oxidation sites excluding steroid dienone is 2. The Morgan fingerprint density at radius 2 is 2.22 bits per heavy atom. The Morgan fingerprint density at radius 3 is 2.87 bits per heavy atom. The Hall–Kier alpha value is -2.22. The van der Waals surface area contributed by atoms with Gasteiger partial charge in [-0.15, -0.1) is 0 Å². The lowest BCUT2D eigenvalue weighted by Gasteiger charge is -2.45. The summed E-state index contributed by atoms with van der Waals surface area (Å²) in [5, 5.41) is 9.33. The first kappa shape index (κ1) is 15.7. The molecule has 3 rings (SSSR count). The Labute approximate surface area is 136 Å². The zero-order valence-corrected chi connectivity index (χ0v) is 14.0. The molecule has 0 amide bonds. The molecule has 0 saturated carbocycles. The number of carbonyl (C=O) groups is 1. The van der Waals surface area contributed by atoms with E-state index < -0.39 is 5.41 Å². The standard InChI is InChI=1S/C18H21N3O2/c1-5-23-17-13-6-7-14-10(2)15(22)12(9-19)8-18(14,4)16(13)20-11(3)21-17/h8,10,14H,5-7H2,1-4H3. The van der Waals surface area contributed by atoms with Crippen LogP contribution in [0.1, 0.15) is 44.3 Å². The predicted molar refractivity (Wildman–Crippen MR) is 85.0 cm³/mol. The Kier molecular flexibility index (Phi) is 3.71. The number of nitrogens with zero attached hydrogens (tertiary/aromatic N) is 3. The van der Waals surface area contributed by atoms with Crippen molar-refractivity contribution in [2.24, 2.45) is 11.8 Å². The van der Waals surface area contributed by atoms with Crippen molar-refractivity contribution in [2.45, 2.75) is 46.0 Å². The number of ketones is 1. The Bertz CT molecular complexity index is 747. The van der Waals surface area contributed by atoms with Crippen LogP contribution in [-0.4, -0.2) is 22.4 Å². The average Bonchev–Trinajstić information content (AvgIpc) is 2.52. The van der Waals surface area contributed by atoms with Crippen molar-refractivity contribution in [3.63, 3.8) is 0 Å². The molecule has 0 saturated heterocycles. The van der Waals surface area contributed by atoms with Crippen LogP contribution in [0.2, 0.25) is 0 Å². The second kappa shape index (κ2) is 5.45. The van der Waals surface area contributed by atoms with Gasteiger partial charge in [0, 0.05) is 16.9 Å². The quantitative estimate of drug-likeness (QED) is 0.839. The summed E-state index contributed by atoms with van der Waals surface area (Å²) in [4.78, 5) is 21.5. The fourth-order valence-electron chi connectivity index (χ4n) is 4.10. The summed E-state index contributed by atoms with van der Waals surface area (Å²) in [6, 6.07) is 2.06. The van der Waals surface area contributed by atoms with Crippen LogP contribution in [-0.2, 0) is 16.6 Å². The molecule has 1 heterocycles. The van der Waals surface area contributed by atoms with Crippen molar-refractivity contribution in [3.8, 4) is 11.9 Å². The summed E-state index contributed by atoms with van der Waals surface area (Å²) in [6.45, 7) is 8.35. The number of rotatable bonds is 2. The molecule has 120 valence electrons. The first-order valence-corrected chi connectivity index (χ1v) is 8.10. The largest absolute Gasteiger partial charge is 0.478 e. The number of hydrogen-bond acceptors (Lipinski definition) is 5. The van der Waals surface area contributed by atoms with Crippen LogP contribution in [0.25, 0.3) is 0 Å². The van der Waals surface area contributed by atoms with Crippen molar-refractivity contribution in [3.05, 3.63) is 28.7 Å². The lowest BCUT2D eigenvalue weighted by atomic mass is 9.58.